The molecule has 0 spiro atoms. The first-order chi connectivity index (χ1) is 8.72. The van der Waals surface area contributed by atoms with Crippen LogP contribution in [0.1, 0.15) is 11.5 Å². The molecule has 0 bridgehead atoms. The Hall–Kier alpha value is -2.21. The summed E-state index contributed by atoms with van der Waals surface area (Å²) in [6, 6.07) is 7.32. The largest absolute Gasteiger partial charge is 0.368 e. The van der Waals surface area contributed by atoms with E-state index in [0.717, 1.165) is 5.69 Å². The Bertz CT molecular complexity index is 693. The Balaban J connectivity index is 2.01. The molecule has 0 radical (unpaired) electrons. The van der Waals surface area contributed by atoms with Gasteiger partial charge in [0.15, 0.2) is 11.5 Å². The number of halogens is 1. The fourth-order valence-corrected chi connectivity index (χ4v) is 1.85. The molecule has 3 heterocycles. The van der Waals surface area contributed by atoms with E-state index in [1.54, 1.807) is 12.3 Å². The molecule has 3 aromatic heterocycles. The molecule has 0 aliphatic carbocycles. The molecule has 18 heavy (non-hydrogen) atoms. The summed E-state index contributed by atoms with van der Waals surface area (Å²) in [5.74, 6) is 0.849. The molecule has 0 aromatic carbocycles. The van der Waals surface area contributed by atoms with Gasteiger partial charge in [-0.05, 0) is 12.1 Å². The SMILES string of the molecule is Nc1nc(Cl)cc2nc(Cc3ccccn3)nn12. The van der Waals surface area contributed by atoms with Crippen molar-refractivity contribution in [2.45, 2.75) is 6.42 Å². The third-order valence-corrected chi connectivity index (χ3v) is 2.62. The molecule has 0 saturated heterocycles. The fraction of sp³-hybridized carbons (Fsp3) is 0.0909. The summed E-state index contributed by atoms with van der Waals surface area (Å²) in [5.41, 5.74) is 7.19. The van der Waals surface area contributed by atoms with Crippen molar-refractivity contribution in [3.8, 4) is 0 Å². The quantitative estimate of drug-likeness (QED) is 0.703. The van der Waals surface area contributed by atoms with Gasteiger partial charge in [-0.1, -0.05) is 17.7 Å². The highest BCUT2D eigenvalue weighted by molar-refractivity contribution is 6.29. The predicted octanol–water partition coefficient (Wildman–Crippen LogP) is 1.35. The van der Waals surface area contributed by atoms with Crippen LogP contribution in [0.4, 0.5) is 5.95 Å². The maximum absolute atomic E-state index is 5.81. The number of rotatable bonds is 2. The van der Waals surface area contributed by atoms with Gasteiger partial charge >= 0.3 is 0 Å². The molecular formula is C11H9ClN6. The van der Waals surface area contributed by atoms with Crippen LogP contribution in [0.5, 0.6) is 0 Å². The Morgan fingerprint density at radius 2 is 2.17 bits per heavy atom. The number of nitrogens with two attached hydrogens (primary N) is 1. The van der Waals surface area contributed by atoms with Crippen LogP contribution in [0.2, 0.25) is 5.15 Å². The summed E-state index contributed by atoms with van der Waals surface area (Å²) in [6.45, 7) is 0. The topological polar surface area (TPSA) is 82.0 Å². The molecule has 0 aliphatic rings. The van der Waals surface area contributed by atoms with E-state index >= 15 is 0 Å². The zero-order valence-corrected chi connectivity index (χ0v) is 10.0. The maximum Gasteiger partial charge on any atom is 0.224 e. The second-order valence-electron chi connectivity index (χ2n) is 3.73. The number of hydrogen-bond acceptors (Lipinski definition) is 5. The molecule has 0 amide bonds. The number of fused-ring (bicyclic) bond motifs is 1. The van der Waals surface area contributed by atoms with Crippen LogP contribution in [0.3, 0.4) is 0 Å². The Morgan fingerprint density at radius 1 is 1.28 bits per heavy atom. The summed E-state index contributed by atoms with van der Waals surface area (Å²) < 4.78 is 1.46. The molecule has 3 rings (SSSR count). The van der Waals surface area contributed by atoms with Gasteiger partial charge < -0.3 is 5.73 Å². The lowest BCUT2D eigenvalue weighted by Crippen LogP contribution is -2.02. The van der Waals surface area contributed by atoms with Crippen molar-refractivity contribution >= 4 is 23.2 Å². The molecule has 0 unspecified atom stereocenters. The summed E-state index contributed by atoms with van der Waals surface area (Å²) in [4.78, 5) is 12.5. The minimum atomic E-state index is 0.220. The number of aromatic nitrogens is 5. The van der Waals surface area contributed by atoms with Crippen molar-refractivity contribution in [3.05, 3.63) is 47.1 Å². The Morgan fingerprint density at radius 3 is 2.94 bits per heavy atom. The molecule has 2 N–H and O–H groups in total. The second-order valence-corrected chi connectivity index (χ2v) is 4.12. The van der Waals surface area contributed by atoms with Crippen molar-refractivity contribution in [3.63, 3.8) is 0 Å². The third kappa shape index (κ3) is 1.98. The van der Waals surface area contributed by atoms with E-state index in [9.17, 15) is 0 Å². The molecule has 6 nitrogen and oxygen atoms in total. The lowest BCUT2D eigenvalue weighted by molar-refractivity contribution is 0.879. The predicted molar refractivity (Wildman–Crippen MR) is 67.2 cm³/mol. The van der Waals surface area contributed by atoms with Gasteiger partial charge in [0.1, 0.15) is 5.15 Å². The van der Waals surface area contributed by atoms with Gasteiger partial charge in [-0.2, -0.15) is 4.52 Å². The van der Waals surface area contributed by atoms with E-state index in [2.05, 4.69) is 20.1 Å². The lowest BCUT2D eigenvalue weighted by Gasteiger charge is -1.96. The summed E-state index contributed by atoms with van der Waals surface area (Å²) >= 11 is 5.81. The fourth-order valence-electron chi connectivity index (χ4n) is 1.67. The summed E-state index contributed by atoms with van der Waals surface area (Å²) in [5, 5.41) is 4.57. The van der Waals surface area contributed by atoms with Gasteiger partial charge in [0.05, 0.1) is 6.42 Å². The number of nitrogen functional groups attached to an aromatic ring is 1. The van der Waals surface area contributed by atoms with E-state index < -0.39 is 0 Å². The minimum absolute atomic E-state index is 0.220. The van der Waals surface area contributed by atoms with Crippen molar-refractivity contribution in [1.29, 1.82) is 0 Å². The monoisotopic (exact) mass is 260 g/mol. The van der Waals surface area contributed by atoms with Crippen molar-refractivity contribution in [2.24, 2.45) is 0 Å². The number of nitrogens with zero attached hydrogens (tertiary/aromatic N) is 5. The Kier molecular flexibility index (Phi) is 2.56. The number of hydrogen-bond donors (Lipinski definition) is 1. The molecular weight excluding hydrogens is 252 g/mol. The van der Waals surface area contributed by atoms with E-state index in [1.165, 1.54) is 4.52 Å². The van der Waals surface area contributed by atoms with Crippen molar-refractivity contribution in [2.75, 3.05) is 5.73 Å². The highest BCUT2D eigenvalue weighted by atomic mass is 35.5. The number of anilines is 1. The van der Waals surface area contributed by atoms with Crippen LogP contribution in [-0.4, -0.2) is 24.6 Å². The lowest BCUT2D eigenvalue weighted by atomic mass is 10.3. The smallest absolute Gasteiger partial charge is 0.224 e. The van der Waals surface area contributed by atoms with Crippen LogP contribution in [0, 0.1) is 0 Å². The van der Waals surface area contributed by atoms with Gasteiger partial charge in [0.2, 0.25) is 5.95 Å². The molecule has 0 atom stereocenters. The van der Waals surface area contributed by atoms with Crippen LogP contribution >= 0.6 is 11.6 Å². The van der Waals surface area contributed by atoms with E-state index in [0.29, 0.717) is 23.0 Å². The number of pyridine rings is 1. The molecule has 7 heteroatoms. The average Bonchev–Trinajstić information content (AvgIpc) is 2.73. The van der Waals surface area contributed by atoms with Crippen LogP contribution < -0.4 is 5.73 Å². The first-order valence-corrected chi connectivity index (χ1v) is 5.68. The third-order valence-electron chi connectivity index (χ3n) is 2.43. The van der Waals surface area contributed by atoms with E-state index in [-0.39, 0.29) is 5.95 Å². The van der Waals surface area contributed by atoms with Crippen LogP contribution in [0.15, 0.2) is 30.5 Å². The first-order valence-electron chi connectivity index (χ1n) is 5.30. The zero-order valence-electron chi connectivity index (χ0n) is 9.29. The highest BCUT2D eigenvalue weighted by Crippen LogP contribution is 2.13. The van der Waals surface area contributed by atoms with Crippen LogP contribution in [-0.2, 0) is 6.42 Å². The maximum atomic E-state index is 5.81. The van der Waals surface area contributed by atoms with Crippen molar-refractivity contribution in [1.82, 2.24) is 24.6 Å². The summed E-state index contributed by atoms with van der Waals surface area (Å²) in [6.07, 6.45) is 2.28. The molecule has 0 fully saturated rings. The van der Waals surface area contributed by atoms with Gasteiger partial charge in [-0.3, -0.25) is 4.98 Å². The highest BCUT2D eigenvalue weighted by Gasteiger charge is 2.09. The standard InChI is InChI=1S/C11H9ClN6/c12-8-6-10-16-9(17-18(10)11(13)15-8)5-7-3-1-2-4-14-7/h1-4,6H,5H2,(H2,13,15). The van der Waals surface area contributed by atoms with Crippen molar-refractivity contribution < 1.29 is 0 Å². The molecule has 90 valence electrons. The van der Waals surface area contributed by atoms with Gasteiger partial charge in [0, 0.05) is 18.0 Å². The van der Waals surface area contributed by atoms with Gasteiger partial charge in [-0.15, -0.1) is 5.10 Å². The zero-order chi connectivity index (χ0) is 12.5. The second kappa shape index (κ2) is 4.23. The van der Waals surface area contributed by atoms with Gasteiger partial charge in [0.25, 0.3) is 0 Å². The first kappa shape index (κ1) is 10.9. The minimum Gasteiger partial charge on any atom is -0.368 e. The molecule has 0 aliphatic heterocycles. The summed E-state index contributed by atoms with van der Waals surface area (Å²) in [7, 11) is 0. The normalized spacial score (nSPS) is 10.9. The van der Waals surface area contributed by atoms with E-state index in [1.807, 2.05) is 18.2 Å². The average molecular weight is 261 g/mol. The Labute approximate surface area is 107 Å². The molecule has 0 saturated carbocycles. The molecule has 3 aromatic rings. The van der Waals surface area contributed by atoms with Crippen LogP contribution in [0.25, 0.3) is 5.65 Å². The van der Waals surface area contributed by atoms with E-state index in [4.69, 9.17) is 17.3 Å². The van der Waals surface area contributed by atoms with Gasteiger partial charge in [-0.25, -0.2) is 9.97 Å².